The smallest absolute Gasteiger partial charge is 0.309 e. The van der Waals surface area contributed by atoms with E-state index in [4.69, 9.17) is 9.47 Å². The van der Waals surface area contributed by atoms with Crippen LogP contribution in [0.4, 0.5) is 0 Å². The molecule has 4 atom stereocenters. The van der Waals surface area contributed by atoms with Gasteiger partial charge in [-0.15, -0.1) is 13.2 Å². The second-order valence-electron chi connectivity index (χ2n) is 13.6. The molecule has 9 heteroatoms. The second-order valence-corrected chi connectivity index (χ2v) is 14.6. The van der Waals surface area contributed by atoms with Gasteiger partial charge in [0.05, 0.1) is 30.5 Å². The number of esters is 1. The highest BCUT2D eigenvalue weighted by Crippen LogP contribution is 2.20. The van der Waals surface area contributed by atoms with Crippen LogP contribution in [0.3, 0.4) is 0 Å². The molecule has 0 bridgehead atoms. The Labute approximate surface area is 330 Å². The van der Waals surface area contributed by atoms with Crippen molar-refractivity contribution in [3.8, 4) is 5.75 Å². The molecule has 0 heterocycles. The van der Waals surface area contributed by atoms with E-state index in [0.29, 0.717) is 38.0 Å². The largest absolute Gasteiger partial charge is 0.489 e. The van der Waals surface area contributed by atoms with E-state index < -0.39 is 18.0 Å². The lowest BCUT2D eigenvalue weighted by molar-refractivity contribution is -0.150. The quantitative estimate of drug-likeness (QED) is 0.0470. The molecule has 2 amide bonds. The van der Waals surface area contributed by atoms with Gasteiger partial charge in [0.25, 0.3) is 0 Å². The molecule has 0 fully saturated rings. The fourth-order valence-corrected chi connectivity index (χ4v) is 7.08. The van der Waals surface area contributed by atoms with Gasteiger partial charge in [0, 0.05) is 17.9 Å². The Bertz CT molecular complexity index is 1740. The summed E-state index contributed by atoms with van der Waals surface area (Å²) in [6.07, 6.45) is 5.85. The number of rotatable bonds is 25. The van der Waals surface area contributed by atoms with Gasteiger partial charge in [-0.1, -0.05) is 115 Å². The van der Waals surface area contributed by atoms with Gasteiger partial charge in [0.2, 0.25) is 11.8 Å². The van der Waals surface area contributed by atoms with Crippen LogP contribution in [0, 0.1) is 11.8 Å². The maximum absolute atomic E-state index is 13.7. The second kappa shape index (κ2) is 24.3. The normalized spacial score (nSPS) is 13.0. The van der Waals surface area contributed by atoms with Crippen LogP contribution in [0.1, 0.15) is 47.9 Å². The maximum Gasteiger partial charge on any atom is 0.309 e. The summed E-state index contributed by atoms with van der Waals surface area (Å²) in [6, 6.07) is 36.3. The molecule has 4 aromatic rings. The number of benzene rings is 4. The zero-order chi connectivity index (χ0) is 39.1. The van der Waals surface area contributed by atoms with Crippen LogP contribution in [0.15, 0.2) is 141 Å². The van der Waals surface area contributed by atoms with Crippen LogP contribution in [0.2, 0.25) is 0 Å². The minimum Gasteiger partial charge on any atom is -0.489 e. The summed E-state index contributed by atoms with van der Waals surface area (Å²) in [5.74, 6) is -0.0934. The van der Waals surface area contributed by atoms with Crippen LogP contribution in [0.5, 0.6) is 5.75 Å². The molecule has 8 nitrogen and oxygen atoms in total. The van der Waals surface area contributed by atoms with Crippen molar-refractivity contribution in [2.24, 2.45) is 11.8 Å². The minimum atomic E-state index is -0.700. The summed E-state index contributed by atoms with van der Waals surface area (Å²) in [5.41, 5.74) is 4.19. The topological polar surface area (TPSA) is 114 Å². The molecule has 0 aliphatic heterocycles. The third kappa shape index (κ3) is 16.0. The van der Waals surface area contributed by atoms with Crippen molar-refractivity contribution in [1.82, 2.24) is 10.6 Å². The van der Waals surface area contributed by atoms with Gasteiger partial charge < -0.3 is 25.2 Å². The van der Waals surface area contributed by atoms with E-state index in [9.17, 15) is 19.5 Å². The Morgan fingerprint density at radius 2 is 1.33 bits per heavy atom. The highest BCUT2D eigenvalue weighted by molar-refractivity contribution is 7.98. The summed E-state index contributed by atoms with van der Waals surface area (Å²) in [7, 11) is 0. The van der Waals surface area contributed by atoms with Crippen LogP contribution in [-0.2, 0) is 44.3 Å². The first-order valence-electron chi connectivity index (χ1n) is 18.9. The van der Waals surface area contributed by atoms with Gasteiger partial charge in [0.15, 0.2) is 0 Å². The number of amides is 2. The maximum atomic E-state index is 13.7. The monoisotopic (exact) mass is 762 g/mol. The lowest BCUT2D eigenvalue weighted by atomic mass is 9.95. The van der Waals surface area contributed by atoms with E-state index in [1.807, 2.05) is 115 Å². The Balaban J connectivity index is 1.34. The Morgan fingerprint density at radius 3 is 1.95 bits per heavy atom. The van der Waals surface area contributed by atoms with Gasteiger partial charge >= 0.3 is 5.97 Å². The zero-order valence-electron chi connectivity index (χ0n) is 31.5. The predicted octanol–water partition coefficient (Wildman–Crippen LogP) is 7.65. The van der Waals surface area contributed by atoms with E-state index in [2.05, 4.69) is 23.8 Å². The standard InChI is InChI=1S/C46H54N2O6S/c1-3-5-22-40(27-35-16-9-6-10-17-35)46(52)54-32-42(34-55-33-38-20-13-8-14-21-38)48-45(51)39(15-4-2)29-44(50)47-41(30-49)28-36-23-25-43(26-24-36)53-31-37-18-11-7-12-19-37/h3-4,6-14,16-21,23-26,39-42,49H,1-2,5,15,22,27-34H2,(H,47,50)(H,48,51)/t39-,40+,41-,42+/m0/s1. The summed E-state index contributed by atoms with van der Waals surface area (Å²) in [5, 5.41) is 16.1. The molecule has 0 spiro atoms. The first-order chi connectivity index (χ1) is 26.9. The van der Waals surface area contributed by atoms with Gasteiger partial charge in [-0.05, 0) is 66.5 Å². The Hall–Kier alpha value is -5.12. The average molecular weight is 763 g/mol. The van der Waals surface area contributed by atoms with Gasteiger partial charge in [0.1, 0.15) is 19.0 Å². The Kier molecular flexibility index (Phi) is 18.8. The number of aliphatic hydroxyl groups is 1. The molecule has 0 aliphatic rings. The van der Waals surface area contributed by atoms with Gasteiger partial charge in [-0.2, -0.15) is 11.8 Å². The van der Waals surface area contributed by atoms with Crippen molar-refractivity contribution >= 4 is 29.5 Å². The Morgan fingerprint density at radius 1 is 0.709 bits per heavy atom. The van der Waals surface area contributed by atoms with Gasteiger partial charge in [-0.3, -0.25) is 14.4 Å². The highest BCUT2D eigenvalue weighted by atomic mass is 32.2. The molecular formula is C46H54N2O6S. The third-order valence-electron chi connectivity index (χ3n) is 9.07. The zero-order valence-corrected chi connectivity index (χ0v) is 32.3. The highest BCUT2D eigenvalue weighted by Gasteiger charge is 2.27. The molecule has 4 aromatic carbocycles. The van der Waals surface area contributed by atoms with Crippen molar-refractivity contribution in [2.75, 3.05) is 19.0 Å². The summed E-state index contributed by atoms with van der Waals surface area (Å²) in [4.78, 5) is 40.4. The fraction of sp³-hybridized carbons (Fsp3) is 0.326. The minimum absolute atomic E-state index is 0.00141. The summed E-state index contributed by atoms with van der Waals surface area (Å²) in [6.45, 7) is 7.83. The SMILES string of the molecule is C=CCC[C@H](Cc1ccccc1)C(=O)OC[C@H](CSCc1ccccc1)NC(=O)[C@@H](CC=C)CC(=O)N[C@H](CO)Cc1ccc(OCc2ccccc2)cc1. The lowest BCUT2D eigenvalue weighted by Gasteiger charge is -2.24. The summed E-state index contributed by atoms with van der Waals surface area (Å²) >= 11 is 1.63. The molecule has 0 aromatic heterocycles. The molecule has 55 heavy (non-hydrogen) atoms. The van der Waals surface area contributed by atoms with Crippen LogP contribution in [0.25, 0.3) is 0 Å². The molecule has 4 rings (SSSR count). The molecular weight excluding hydrogens is 709 g/mol. The van der Waals surface area contributed by atoms with Crippen molar-refractivity contribution in [3.05, 3.63) is 163 Å². The van der Waals surface area contributed by atoms with Crippen molar-refractivity contribution < 1.29 is 29.0 Å². The van der Waals surface area contributed by atoms with Crippen LogP contribution < -0.4 is 15.4 Å². The van der Waals surface area contributed by atoms with Crippen LogP contribution in [-0.4, -0.2) is 53.9 Å². The van der Waals surface area contributed by atoms with E-state index >= 15 is 0 Å². The molecule has 0 unspecified atom stereocenters. The number of thioether (sulfide) groups is 1. The number of allylic oxidation sites excluding steroid dienone is 2. The number of hydrogen-bond donors (Lipinski definition) is 3. The number of hydrogen-bond acceptors (Lipinski definition) is 7. The molecule has 0 saturated carbocycles. The number of aliphatic hydroxyl groups excluding tert-OH is 1. The third-order valence-corrected chi connectivity index (χ3v) is 10.2. The fourth-order valence-electron chi connectivity index (χ4n) is 6.07. The van der Waals surface area contributed by atoms with Crippen molar-refractivity contribution in [1.29, 1.82) is 0 Å². The number of nitrogens with one attached hydrogen (secondary N) is 2. The van der Waals surface area contributed by atoms with Crippen molar-refractivity contribution in [3.63, 3.8) is 0 Å². The molecule has 0 aliphatic carbocycles. The molecule has 0 saturated heterocycles. The molecule has 3 N–H and O–H groups in total. The number of ether oxygens (including phenoxy) is 2. The van der Waals surface area contributed by atoms with Crippen LogP contribution >= 0.6 is 11.8 Å². The van der Waals surface area contributed by atoms with Crippen molar-refractivity contribution in [2.45, 2.75) is 63.0 Å². The molecule has 290 valence electrons. The van der Waals surface area contributed by atoms with E-state index in [-0.39, 0.29) is 49.8 Å². The van der Waals surface area contributed by atoms with E-state index in [1.54, 1.807) is 23.9 Å². The van der Waals surface area contributed by atoms with Gasteiger partial charge in [-0.25, -0.2) is 0 Å². The molecule has 0 radical (unpaired) electrons. The first-order valence-corrected chi connectivity index (χ1v) is 20.0. The number of carbonyl (C=O) groups is 3. The average Bonchev–Trinajstić information content (AvgIpc) is 3.21. The summed E-state index contributed by atoms with van der Waals surface area (Å²) < 4.78 is 11.8. The predicted molar refractivity (Wildman–Crippen MR) is 221 cm³/mol. The lowest BCUT2D eigenvalue weighted by Crippen LogP contribution is -2.46. The van der Waals surface area contributed by atoms with E-state index in [1.165, 1.54) is 0 Å². The first kappa shape index (κ1) is 42.6. The van der Waals surface area contributed by atoms with E-state index in [0.717, 1.165) is 33.8 Å². The number of carbonyl (C=O) groups excluding carboxylic acids is 3.